The molecule has 2 nitrogen and oxygen atoms in total. The molecule has 0 aliphatic carbocycles. The molecular weight excluding hydrogens is 268 g/mol. The summed E-state index contributed by atoms with van der Waals surface area (Å²) in [5.41, 5.74) is 2.68. The Morgan fingerprint density at radius 1 is 1.40 bits per heavy atom. The molecule has 0 radical (unpaired) electrons. The topological polar surface area (TPSA) is 15.3 Å². The third-order valence-electron chi connectivity index (χ3n) is 4.07. The normalized spacial score (nSPS) is 19.1. The zero-order valence-electron chi connectivity index (χ0n) is 13.0. The van der Waals surface area contributed by atoms with Gasteiger partial charge in [-0.25, -0.2) is 0 Å². The van der Waals surface area contributed by atoms with Crippen LogP contribution in [0.1, 0.15) is 45.6 Å². The fourth-order valence-corrected chi connectivity index (χ4v) is 3.21. The number of hydrogen-bond donors (Lipinski definition) is 1. The van der Waals surface area contributed by atoms with Crippen LogP contribution in [0.5, 0.6) is 0 Å². The van der Waals surface area contributed by atoms with Crippen LogP contribution in [0.25, 0.3) is 0 Å². The van der Waals surface area contributed by atoms with Gasteiger partial charge < -0.3 is 10.2 Å². The summed E-state index contributed by atoms with van der Waals surface area (Å²) < 4.78 is 0. The molecule has 0 bridgehead atoms. The molecule has 20 heavy (non-hydrogen) atoms. The summed E-state index contributed by atoms with van der Waals surface area (Å²) in [6.45, 7) is 9.91. The molecule has 1 aromatic rings. The predicted molar refractivity (Wildman–Crippen MR) is 88.7 cm³/mol. The second-order valence-corrected chi connectivity index (χ2v) is 6.63. The summed E-state index contributed by atoms with van der Waals surface area (Å²) in [6.07, 6.45) is 3.97. The van der Waals surface area contributed by atoms with Crippen molar-refractivity contribution in [3.05, 3.63) is 28.8 Å². The molecule has 0 spiro atoms. The lowest BCUT2D eigenvalue weighted by Gasteiger charge is -2.23. The molecule has 3 heteroatoms. The van der Waals surface area contributed by atoms with Crippen LogP contribution in [-0.4, -0.2) is 19.1 Å². The van der Waals surface area contributed by atoms with Crippen LogP contribution in [0.4, 0.5) is 5.69 Å². The van der Waals surface area contributed by atoms with Crippen molar-refractivity contribution in [3.8, 4) is 0 Å². The SMILES string of the molecule is CCCC1CCN(c2ccc(Cl)cc2CNC(C)C)C1. The van der Waals surface area contributed by atoms with Crippen LogP contribution in [-0.2, 0) is 6.54 Å². The molecule has 1 atom stereocenters. The number of anilines is 1. The highest BCUT2D eigenvalue weighted by Crippen LogP contribution is 2.30. The Hall–Kier alpha value is -0.730. The van der Waals surface area contributed by atoms with E-state index >= 15 is 0 Å². The van der Waals surface area contributed by atoms with Gasteiger partial charge in [0, 0.05) is 36.4 Å². The summed E-state index contributed by atoms with van der Waals surface area (Å²) in [5, 5.41) is 4.34. The molecule has 1 aliphatic rings. The highest BCUT2D eigenvalue weighted by atomic mass is 35.5. The van der Waals surface area contributed by atoms with E-state index in [1.165, 1.54) is 43.6 Å². The van der Waals surface area contributed by atoms with Crippen molar-refractivity contribution in [2.24, 2.45) is 5.92 Å². The van der Waals surface area contributed by atoms with Crippen molar-refractivity contribution in [2.75, 3.05) is 18.0 Å². The van der Waals surface area contributed by atoms with Crippen molar-refractivity contribution in [3.63, 3.8) is 0 Å². The summed E-state index contributed by atoms with van der Waals surface area (Å²) >= 11 is 6.17. The maximum absolute atomic E-state index is 6.17. The Labute approximate surface area is 128 Å². The first-order valence-electron chi connectivity index (χ1n) is 7.87. The van der Waals surface area contributed by atoms with Gasteiger partial charge in [-0.15, -0.1) is 0 Å². The van der Waals surface area contributed by atoms with E-state index in [0.717, 1.165) is 17.5 Å². The lowest BCUT2D eigenvalue weighted by molar-refractivity contribution is 0.529. The molecule has 1 unspecified atom stereocenters. The van der Waals surface area contributed by atoms with Crippen LogP contribution in [0.3, 0.4) is 0 Å². The van der Waals surface area contributed by atoms with Crippen molar-refractivity contribution < 1.29 is 0 Å². The van der Waals surface area contributed by atoms with E-state index in [4.69, 9.17) is 11.6 Å². The molecular formula is C17H27ClN2. The number of halogens is 1. The van der Waals surface area contributed by atoms with E-state index in [0.29, 0.717) is 6.04 Å². The number of benzene rings is 1. The van der Waals surface area contributed by atoms with Gasteiger partial charge in [-0.3, -0.25) is 0 Å². The summed E-state index contributed by atoms with van der Waals surface area (Å²) in [6, 6.07) is 6.81. The molecule has 1 heterocycles. The minimum Gasteiger partial charge on any atom is -0.371 e. The van der Waals surface area contributed by atoms with E-state index in [1.54, 1.807) is 0 Å². The number of nitrogens with one attached hydrogen (secondary N) is 1. The third-order valence-corrected chi connectivity index (χ3v) is 4.30. The van der Waals surface area contributed by atoms with Gasteiger partial charge in [-0.1, -0.05) is 38.8 Å². The molecule has 2 rings (SSSR count). The van der Waals surface area contributed by atoms with Crippen LogP contribution in [0.2, 0.25) is 5.02 Å². The zero-order valence-corrected chi connectivity index (χ0v) is 13.7. The first kappa shape index (κ1) is 15.7. The van der Waals surface area contributed by atoms with Crippen LogP contribution in [0, 0.1) is 5.92 Å². The largest absolute Gasteiger partial charge is 0.371 e. The Bertz CT molecular complexity index is 431. The molecule has 1 N–H and O–H groups in total. The molecule has 1 aliphatic heterocycles. The van der Waals surface area contributed by atoms with E-state index in [9.17, 15) is 0 Å². The van der Waals surface area contributed by atoms with Crippen LogP contribution in [0.15, 0.2) is 18.2 Å². The van der Waals surface area contributed by atoms with Gasteiger partial charge in [0.05, 0.1) is 0 Å². The summed E-state index contributed by atoms with van der Waals surface area (Å²) in [5.74, 6) is 0.863. The highest BCUT2D eigenvalue weighted by Gasteiger charge is 2.23. The molecule has 1 aromatic carbocycles. The van der Waals surface area contributed by atoms with Crippen LogP contribution < -0.4 is 10.2 Å². The first-order chi connectivity index (χ1) is 9.60. The second kappa shape index (κ2) is 7.33. The Kier molecular flexibility index (Phi) is 5.74. The number of hydrogen-bond acceptors (Lipinski definition) is 2. The second-order valence-electron chi connectivity index (χ2n) is 6.20. The molecule has 1 fully saturated rings. The lowest BCUT2D eigenvalue weighted by atomic mass is 10.0. The standard InChI is InChI=1S/C17H27ClN2/c1-4-5-14-8-9-20(12-14)17-7-6-16(18)10-15(17)11-19-13(2)3/h6-7,10,13-14,19H,4-5,8-9,11-12H2,1-3H3. The molecule has 0 aromatic heterocycles. The van der Waals surface area contributed by atoms with Gasteiger partial charge in [0.25, 0.3) is 0 Å². The van der Waals surface area contributed by atoms with Crippen molar-refractivity contribution in [1.82, 2.24) is 5.32 Å². The lowest BCUT2D eigenvalue weighted by Crippen LogP contribution is -2.25. The van der Waals surface area contributed by atoms with Gasteiger partial charge >= 0.3 is 0 Å². The first-order valence-corrected chi connectivity index (χ1v) is 8.24. The summed E-state index contributed by atoms with van der Waals surface area (Å²) in [7, 11) is 0. The number of nitrogens with zero attached hydrogens (tertiary/aromatic N) is 1. The van der Waals surface area contributed by atoms with Gasteiger partial charge in [0.1, 0.15) is 0 Å². The highest BCUT2D eigenvalue weighted by molar-refractivity contribution is 6.30. The smallest absolute Gasteiger partial charge is 0.0412 e. The van der Waals surface area contributed by atoms with Gasteiger partial charge in [0.2, 0.25) is 0 Å². The Morgan fingerprint density at radius 2 is 2.20 bits per heavy atom. The van der Waals surface area contributed by atoms with Gasteiger partial charge in [0.15, 0.2) is 0 Å². The van der Waals surface area contributed by atoms with E-state index < -0.39 is 0 Å². The fraction of sp³-hybridized carbons (Fsp3) is 0.647. The minimum absolute atomic E-state index is 0.494. The van der Waals surface area contributed by atoms with Crippen LogP contribution >= 0.6 is 11.6 Å². The monoisotopic (exact) mass is 294 g/mol. The van der Waals surface area contributed by atoms with Crippen molar-refractivity contribution >= 4 is 17.3 Å². The maximum atomic E-state index is 6.17. The quantitative estimate of drug-likeness (QED) is 0.833. The van der Waals surface area contributed by atoms with Crippen molar-refractivity contribution in [2.45, 2.75) is 52.6 Å². The molecule has 0 saturated carbocycles. The third kappa shape index (κ3) is 4.13. The average Bonchev–Trinajstić information content (AvgIpc) is 2.85. The fourth-order valence-electron chi connectivity index (χ4n) is 3.01. The Morgan fingerprint density at radius 3 is 2.90 bits per heavy atom. The summed E-state index contributed by atoms with van der Waals surface area (Å²) in [4.78, 5) is 2.54. The molecule has 0 amide bonds. The number of rotatable bonds is 6. The van der Waals surface area contributed by atoms with Gasteiger partial charge in [-0.05, 0) is 42.5 Å². The predicted octanol–water partition coefficient (Wildman–Crippen LogP) is 4.46. The van der Waals surface area contributed by atoms with Gasteiger partial charge in [-0.2, -0.15) is 0 Å². The Balaban J connectivity index is 2.10. The molecule has 1 saturated heterocycles. The molecule has 112 valence electrons. The maximum Gasteiger partial charge on any atom is 0.0412 e. The van der Waals surface area contributed by atoms with E-state index in [-0.39, 0.29) is 0 Å². The zero-order chi connectivity index (χ0) is 14.5. The van der Waals surface area contributed by atoms with E-state index in [2.05, 4.69) is 43.1 Å². The average molecular weight is 295 g/mol. The van der Waals surface area contributed by atoms with Crippen molar-refractivity contribution in [1.29, 1.82) is 0 Å². The minimum atomic E-state index is 0.494. The van der Waals surface area contributed by atoms with E-state index in [1.807, 2.05) is 6.07 Å².